The Morgan fingerprint density at radius 3 is 2.71 bits per heavy atom. The molecular formula is C16H23ClN2O2. The van der Waals surface area contributed by atoms with E-state index in [1.54, 1.807) is 18.2 Å². The minimum absolute atomic E-state index is 0.232. The van der Waals surface area contributed by atoms with Crippen LogP contribution in [0.5, 0.6) is 0 Å². The molecule has 1 amide bonds. The third kappa shape index (κ3) is 4.11. The number of carbonyl (C=O) groups is 1. The molecule has 0 aromatic heterocycles. The van der Waals surface area contributed by atoms with Crippen LogP contribution in [0.1, 0.15) is 49.4 Å². The van der Waals surface area contributed by atoms with Crippen LogP contribution < -0.4 is 11.1 Å². The molecule has 1 aromatic carbocycles. The Labute approximate surface area is 130 Å². The van der Waals surface area contributed by atoms with E-state index in [0.717, 1.165) is 32.1 Å². The number of anilines is 1. The first-order valence-electron chi connectivity index (χ1n) is 7.49. The summed E-state index contributed by atoms with van der Waals surface area (Å²) in [6, 6.07) is 4.79. The summed E-state index contributed by atoms with van der Waals surface area (Å²) in [5.74, 6) is 0.474. The minimum Gasteiger partial charge on any atom is -0.398 e. The SMILES string of the molecule is CCC1CCC(O)(CNC(=O)c2ccc(Cl)c(N)c2)CC1. The van der Waals surface area contributed by atoms with Crippen LogP contribution in [0, 0.1) is 5.92 Å². The van der Waals surface area contributed by atoms with Gasteiger partial charge in [0.1, 0.15) is 0 Å². The second-order valence-corrected chi connectivity index (χ2v) is 6.40. The van der Waals surface area contributed by atoms with Crippen LogP contribution in [-0.2, 0) is 0 Å². The second kappa shape index (κ2) is 6.67. The monoisotopic (exact) mass is 310 g/mol. The summed E-state index contributed by atoms with van der Waals surface area (Å²) in [7, 11) is 0. The third-order valence-electron chi connectivity index (χ3n) is 4.45. The molecule has 0 unspecified atom stereocenters. The van der Waals surface area contributed by atoms with Crippen molar-refractivity contribution in [1.82, 2.24) is 5.32 Å². The maximum Gasteiger partial charge on any atom is 0.251 e. The molecule has 116 valence electrons. The smallest absolute Gasteiger partial charge is 0.251 e. The van der Waals surface area contributed by atoms with Crippen molar-refractivity contribution in [3.63, 3.8) is 0 Å². The van der Waals surface area contributed by atoms with E-state index in [1.165, 1.54) is 0 Å². The Morgan fingerprint density at radius 1 is 1.48 bits per heavy atom. The lowest BCUT2D eigenvalue weighted by atomic mass is 9.78. The lowest BCUT2D eigenvalue weighted by molar-refractivity contribution is -0.00786. The van der Waals surface area contributed by atoms with E-state index < -0.39 is 5.60 Å². The first-order chi connectivity index (χ1) is 9.93. The number of nitrogens with two attached hydrogens (primary N) is 1. The van der Waals surface area contributed by atoms with Crippen LogP contribution in [0.3, 0.4) is 0 Å². The van der Waals surface area contributed by atoms with E-state index >= 15 is 0 Å². The highest BCUT2D eigenvalue weighted by Crippen LogP contribution is 2.33. The third-order valence-corrected chi connectivity index (χ3v) is 4.79. The molecule has 1 fully saturated rings. The molecule has 1 saturated carbocycles. The maximum atomic E-state index is 12.1. The number of nitrogen functional groups attached to an aromatic ring is 1. The Morgan fingerprint density at radius 2 is 2.14 bits per heavy atom. The summed E-state index contributed by atoms with van der Waals surface area (Å²) in [6.07, 6.45) is 4.70. The summed E-state index contributed by atoms with van der Waals surface area (Å²) >= 11 is 5.84. The maximum absolute atomic E-state index is 12.1. The van der Waals surface area contributed by atoms with Crippen molar-refractivity contribution in [2.45, 2.75) is 44.6 Å². The Hall–Kier alpha value is -1.26. The predicted molar refractivity (Wildman–Crippen MR) is 85.4 cm³/mol. The van der Waals surface area contributed by atoms with E-state index in [2.05, 4.69) is 12.2 Å². The fourth-order valence-corrected chi connectivity index (χ4v) is 2.95. The van der Waals surface area contributed by atoms with Gasteiger partial charge in [-0.15, -0.1) is 0 Å². The van der Waals surface area contributed by atoms with Crippen molar-refractivity contribution in [2.75, 3.05) is 12.3 Å². The highest BCUT2D eigenvalue weighted by Gasteiger charge is 2.32. The van der Waals surface area contributed by atoms with E-state index in [0.29, 0.717) is 22.2 Å². The van der Waals surface area contributed by atoms with Gasteiger partial charge in [0.15, 0.2) is 0 Å². The highest BCUT2D eigenvalue weighted by atomic mass is 35.5. The standard InChI is InChI=1S/C16H23ClN2O2/c1-2-11-5-7-16(21,8-6-11)10-19-15(20)12-3-4-13(17)14(18)9-12/h3-4,9,11,21H,2,5-8,10,18H2,1H3,(H,19,20). The quantitative estimate of drug-likeness (QED) is 0.748. The molecule has 0 radical (unpaired) electrons. The van der Waals surface area contributed by atoms with Gasteiger partial charge in [-0.05, 0) is 49.8 Å². The summed E-state index contributed by atoms with van der Waals surface area (Å²) in [4.78, 5) is 12.1. The van der Waals surface area contributed by atoms with Crippen molar-refractivity contribution in [2.24, 2.45) is 5.92 Å². The van der Waals surface area contributed by atoms with Crippen LogP contribution in [-0.4, -0.2) is 23.2 Å². The van der Waals surface area contributed by atoms with Crippen molar-refractivity contribution in [3.8, 4) is 0 Å². The molecule has 4 nitrogen and oxygen atoms in total. The predicted octanol–water partition coefficient (Wildman–Crippen LogP) is 2.98. The van der Waals surface area contributed by atoms with Crippen LogP contribution in [0.15, 0.2) is 18.2 Å². The highest BCUT2D eigenvalue weighted by molar-refractivity contribution is 6.33. The first-order valence-corrected chi connectivity index (χ1v) is 7.87. The van der Waals surface area contributed by atoms with Gasteiger partial charge in [0, 0.05) is 12.1 Å². The average Bonchev–Trinajstić information content (AvgIpc) is 2.48. The molecule has 0 bridgehead atoms. The van der Waals surface area contributed by atoms with Gasteiger partial charge in [-0.25, -0.2) is 0 Å². The molecule has 2 rings (SSSR count). The van der Waals surface area contributed by atoms with Crippen LogP contribution >= 0.6 is 11.6 Å². The molecular weight excluding hydrogens is 288 g/mol. The van der Waals surface area contributed by atoms with E-state index in [4.69, 9.17) is 17.3 Å². The summed E-state index contributed by atoms with van der Waals surface area (Å²) in [6.45, 7) is 2.46. The van der Waals surface area contributed by atoms with Gasteiger partial charge in [0.25, 0.3) is 5.91 Å². The van der Waals surface area contributed by atoms with Crippen molar-refractivity contribution < 1.29 is 9.90 Å². The second-order valence-electron chi connectivity index (χ2n) is 5.99. The number of benzene rings is 1. The molecule has 5 heteroatoms. The van der Waals surface area contributed by atoms with Gasteiger partial charge in [-0.3, -0.25) is 4.79 Å². The summed E-state index contributed by atoms with van der Waals surface area (Å²) in [5, 5.41) is 13.8. The number of aliphatic hydroxyl groups is 1. The largest absolute Gasteiger partial charge is 0.398 e. The zero-order chi connectivity index (χ0) is 15.5. The fourth-order valence-electron chi connectivity index (χ4n) is 2.83. The van der Waals surface area contributed by atoms with Gasteiger partial charge in [0.05, 0.1) is 16.3 Å². The Bertz CT molecular complexity index is 511. The molecule has 21 heavy (non-hydrogen) atoms. The lowest BCUT2D eigenvalue weighted by Crippen LogP contribution is -2.45. The molecule has 0 saturated heterocycles. The average molecular weight is 311 g/mol. The van der Waals surface area contributed by atoms with Crippen LogP contribution in [0.4, 0.5) is 5.69 Å². The van der Waals surface area contributed by atoms with E-state index in [1.807, 2.05) is 0 Å². The topological polar surface area (TPSA) is 75.3 Å². The van der Waals surface area contributed by atoms with Gasteiger partial charge in [-0.1, -0.05) is 24.9 Å². The van der Waals surface area contributed by atoms with Gasteiger partial charge < -0.3 is 16.2 Å². The van der Waals surface area contributed by atoms with Crippen molar-refractivity contribution in [3.05, 3.63) is 28.8 Å². The number of amides is 1. The first kappa shape index (κ1) is 16.1. The molecule has 0 atom stereocenters. The number of halogens is 1. The molecule has 1 aliphatic carbocycles. The zero-order valence-electron chi connectivity index (χ0n) is 12.4. The van der Waals surface area contributed by atoms with Crippen LogP contribution in [0.25, 0.3) is 0 Å². The van der Waals surface area contributed by atoms with Crippen LogP contribution in [0.2, 0.25) is 5.02 Å². The van der Waals surface area contributed by atoms with E-state index in [-0.39, 0.29) is 12.5 Å². The zero-order valence-corrected chi connectivity index (χ0v) is 13.1. The number of rotatable bonds is 4. The van der Waals surface area contributed by atoms with E-state index in [9.17, 15) is 9.90 Å². The number of hydrogen-bond donors (Lipinski definition) is 3. The molecule has 1 aliphatic rings. The van der Waals surface area contributed by atoms with Crippen molar-refractivity contribution in [1.29, 1.82) is 0 Å². The molecule has 0 aliphatic heterocycles. The minimum atomic E-state index is -0.778. The van der Waals surface area contributed by atoms with Crippen molar-refractivity contribution >= 4 is 23.2 Å². The normalized spacial score (nSPS) is 25.6. The van der Waals surface area contributed by atoms with Gasteiger partial charge >= 0.3 is 0 Å². The Balaban J connectivity index is 1.90. The summed E-state index contributed by atoms with van der Waals surface area (Å²) in [5.41, 5.74) is 5.76. The Kier molecular flexibility index (Phi) is 5.12. The number of hydrogen-bond acceptors (Lipinski definition) is 3. The summed E-state index contributed by atoms with van der Waals surface area (Å²) < 4.78 is 0. The number of carbonyl (C=O) groups excluding carboxylic acids is 1. The van der Waals surface area contributed by atoms with Gasteiger partial charge in [-0.2, -0.15) is 0 Å². The molecule has 1 aromatic rings. The number of nitrogens with one attached hydrogen (secondary N) is 1. The fraction of sp³-hybridized carbons (Fsp3) is 0.562. The molecule has 0 spiro atoms. The molecule has 4 N–H and O–H groups in total. The lowest BCUT2D eigenvalue weighted by Gasteiger charge is -2.35. The molecule has 0 heterocycles. The van der Waals surface area contributed by atoms with Gasteiger partial charge in [0.2, 0.25) is 0 Å².